The lowest BCUT2D eigenvalue weighted by atomic mass is 9.92. The van der Waals surface area contributed by atoms with Crippen molar-refractivity contribution in [3.8, 4) is 0 Å². The number of hydrogen-bond acceptors (Lipinski definition) is 22. The third-order valence-electron chi connectivity index (χ3n) is 15.3. The van der Waals surface area contributed by atoms with Crippen LogP contribution in [0.3, 0.4) is 0 Å². The van der Waals surface area contributed by atoms with Gasteiger partial charge in [-0.2, -0.15) is 19.9 Å². The summed E-state index contributed by atoms with van der Waals surface area (Å²) in [7, 11) is 0. The van der Waals surface area contributed by atoms with E-state index in [0.717, 1.165) is 96.3 Å². The summed E-state index contributed by atoms with van der Waals surface area (Å²) in [4.78, 5) is 73.6. The zero-order chi connectivity index (χ0) is 66.2. The lowest BCUT2D eigenvalue weighted by Crippen LogP contribution is -2.46. The van der Waals surface area contributed by atoms with Gasteiger partial charge in [-0.3, -0.25) is 14.6 Å². The average Bonchev–Trinajstić information content (AvgIpc) is 0.864. The molecule has 0 fully saturated rings. The maximum Gasteiger partial charge on any atom is 0.222 e. The first-order valence-corrected chi connectivity index (χ1v) is 31.7. The van der Waals surface area contributed by atoms with Crippen LogP contribution in [0.4, 0.5) is 51.5 Å². The number of carbonyl (C=O) groups excluding carboxylic acids is 2. The third-order valence-corrected chi connectivity index (χ3v) is 15.7. The summed E-state index contributed by atoms with van der Waals surface area (Å²) in [6.45, 7) is 25.4. The Morgan fingerprint density at radius 1 is 0.456 bits per heavy atom. The molecule has 90 heavy (non-hydrogen) atoms. The zero-order valence-corrected chi connectivity index (χ0v) is 55.9. The molecular weight excluding hydrogens is 1190 g/mol. The minimum atomic E-state index is -0.434. The first-order chi connectivity index (χ1) is 42.7. The number of nitrogens with zero attached hydrogens (tertiary/aromatic N) is 12. The van der Waals surface area contributed by atoms with Crippen molar-refractivity contribution in [1.82, 2.24) is 70.4 Å². The Hall–Kier alpha value is -8.19. The molecular formula is C63H93Cl2FN22O2. The quantitative estimate of drug-likeness (QED) is 0.0214. The van der Waals surface area contributed by atoms with E-state index in [2.05, 4.69) is 154 Å². The Kier molecular flexibility index (Phi) is 27.5. The number of anilines is 8. The van der Waals surface area contributed by atoms with Gasteiger partial charge < -0.3 is 54.8 Å². The van der Waals surface area contributed by atoms with Crippen molar-refractivity contribution in [2.75, 3.05) is 57.3 Å². The number of aromatic nitrogens is 12. The van der Waals surface area contributed by atoms with Gasteiger partial charge in [-0.15, -0.1) is 0 Å². The van der Waals surface area contributed by atoms with E-state index < -0.39 is 5.82 Å². The molecule has 0 spiro atoms. The molecule has 0 radical (unpaired) electrons. The van der Waals surface area contributed by atoms with Crippen molar-refractivity contribution in [3.63, 3.8) is 0 Å². The highest BCUT2D eigenvalue weighted by Gasteiger charge is 2.29. The maximum absolute atomic E-state index is 13.3. The predicted octanol–water partition coefficient (Wildman–Crippen LogP) is 12.8. The smallest absolute Gasteiger partial charge is 0.222 e. The second-order valence-electron chi connectivity index (χ2n) is 23.7. The summed E-state index contributed by atoms with van der Waals surface area (Å²) >= 11 is 11.9. The van der Waals surface area contributed by atoms with E-state index in [1.54, 1.807) is 30.7 Å². The van der Waals surface area contributed by atoms with Gasteiger partial charge in [0.25, 0.3) is 0 Å². The van der Waals surface area contributed by atoms with Crippen molar-refractivity contribution < 1.29 is 14.0 Å². The van der Waals surface area contributed by atoms with Crippen molar-refractivity contribution in [2.45, 2.75) is 202 Å². The van der Waals surface area contributed by atoms with E-state index >= 15 is 0 Å². The number of carbonyl (C=O) groups is 2. The molecule has 14 N–H and O–H groups in total. The fourth-order valence-corrected chi connectivity index (χ4v) is 9.97. The molecule has 8 rings (SSSR count). The van der Waals surface area contributed by atoms with Crippen LogP contribution < -0.4 is 54.8 Å². The second kappa shape index (κ2) is 34.1. The fourth-order valence-electron chi connectivity index (χ4n) is 9.66. The SMILES string of the molecule is CCCCC[C@@](C)(CNC(C)=O)Nc1nc(N)nc2cccnc12.CCCC[C@@](C)(CC)Nc1nc(N)nc2cc(Cl)cnc12.CCCC[C@@](C)(CC)Nc1nc(N)nc2cc(F)cnc12.CCCC[C@@](C)(CNC(C)=O)Nc1nc(N)nc2cc(Cl)cnc12. The molecule has 0 aromatic carbocycles. The lowest BCUT2D eigenvalue weighted by Gasteiger charge is -2.32. The van der Waals surface area contributed by atoms with Gasteiger partial charge in [0, 0.05) is 62.7 Å². The number of unbranched alkanes of at least 4 members (excludes halogenated alkanes) is 5. The van der Waals surface area contributed by atoms with Crippen LogP contribution in [-0.2, 0) is 9.59 Å². The molecule has 4 atom stereocenters. The van der Waals surface area contributed by atoms with Gasteiger partial charge in [0.2, 0.25) is 35.6 Å². The van der Waals surface area contributed by atoms with Gasteiger partial charge in [-0.1, -0.05) is 123 Å². The Bertz CT molecular complexity index is 3520. The van der Waals surface area contributed by atoms with Gasteiger partial charge in [0.15, 0.2) is 23.3 Å². The molecule has 27 heteroatoms. The topological polar surface area (TPSA) is 365 Å². The van der Waals surface area contributed by atoms with Gasteiger partial charge in [0.05, 0.1) is 49.4 Å². The monoisotopic (exact) mass is 1280 g/mol. The van der Waals surface area contributed by atoms with Crippen molar-refractivity contribution in [2.24, 2.45) is 0 Å². The lowest BCUT2D eigenvalue weighted by molar-refractivity contribution is -0.120. The molecule has 2 amide bonds. The third kappa shape index (κ3) is 22.4. The average molecular weight is 1280 g/mol. The van der Waals surface area contributed by atoms with E-state index in [0.29, 0.717) is 90.5 Å². The molecule has 8 aromatic rings. The number of nitrogen functional groups attached to an aromatic ring is 4. The van der Waals surface area contributed by atoms with Crippen molar-refractivity contribution >= 4 is 126 Å². The molecule has 0 bridgehead atoms. The standard InChI is InChI=1S/C17H26N6O.C16H23ClN6O.C15H22ClN5.C15H22FN5/c1-4-5-6-9-17(3,11-20-12(2)24)23-15-14-13(8-7-10-19-14)21-16(18)22-15;1-4-5-6-16(3,9-20-10(2)24)23-14-13-12(21-15(18)22-14)7-11(17)8-19-13;2*1-4-6-7-15(3,5-2)21-13-12-11(19-14(17)20-13)8-10(16)9-18-12/h7-8,10H,4-6,9,11H2,1-3H3,(H,20,24)(H3,18,21,22,23);7-8H,4-6,9H2,1-3H3,(H,20,24)(H3,18,21,22,23);2*8-9H,4-7H2,1-3H3,(H3,17,19,20,21)/t17-;16-;2*15-/m0011/s1. The summed E-state index contributed by atoms with van der Waals surface area (Å²) in [5, 5.41) is 20.6. The van der Waals surface area contributed by atoms with E-state index in [9.17, 15) is 14.0 Å². The largest absolute Gasteiger partial charge is 0.368 e. The number of halogens is 3. The minimum absolute atomic E-state index is 0.0367. The van der Waals surface area contributed by atoms with Crippen LogP contribution in [0, 0.1) is 5.82 Å². The van der Waals surface area contributed by atoms with Crippen LogP contribution >= 0.6 is 23.2 Å². The molecule has 0 aliphatic rings. The number of fused-ring (bicyclic) bond motifs is 4. The van der Waals surface area contributed by atoms with Gasteiger partial charge in [0.1, 0.15) is 27.9 Å². The first kappa shape index (κ1) is 72.6. The summed E-state index contributed by atoms with van der Waals surface area (Å²) in [6, 6.07) is 8.44. The number of hydrogen-bond donors (Lipinski definition) is 10. The Balaban J connectivity index is 0.000000219. The van der Waals surface area contributed by atoms with E-state index in [4.69, 9.17) is 46.1 Å². The van der Waals surface area contributed by atoms with Gasteiger partial charge in [-0.25, -0.2) is 39.3 Å². The molecule has 0 saturated carbocycles. The molecule has 8 heterocycles. The highest BCUT2D eigenvalue weighted by atomic mass is 35.5. The van der Waals surface area contributed by atoms with Crippen LogP contribution in [0.25, 0.3) is 44.1 Å². The number of amides is 2. The number of nitrogens with one attached hydrogen (secondary N) is 6. The molecule has 0 aliphatic carbocycles. The second-order valence-corrected chi connectivity index (χ2v) is 24.6. The predicted molar refractivity (Wildman–Crippen MR) is 366 cm³/mol. The van der Waals surface area contributed by atoms with Crippen LogP contribution in [0.5, 0.6) is 0 Å². The van der Waals surface area contributed by atoms with Crippen LogP contribution in [0.15, 0.2) is 55.1 Å². The molecule has 0 saturated heterocycles. The van der Waals surface area contributed by atoms with Crippen molar-refractivity contribution in [1.29, 1.82) is 0 Å². The number of pyridine rings is 4. The summed E-state index contributed by atoms with van der Waals surface area (Å²) in [6.07, 6.45) is 21.8. The van der Waals surface area contributed by atoms with Gasteiger partial charge >= 0.3 is 0 Å². The highest BCUT2D eigenvalue weighted by Crippen LogP contribution is 2.32. The molecule has 0 aliphatic heterocycles. The Morgan fingerprint density at radius 3 is 1.17 bits per heavy atom. The van der Waals surface area contributed by atoms with Crippen LogP contribution in [0.1, 0.15) is 179 Å². The fraction of sp³-hybridized carbons (Fsp3) is 0.524. The van der Waals surface area contributed by atoms with Crippen LogP contribution in [0.2, 0.25) is 10.0 Å². The molecule has 0 unspecified atom stereocenters. The number of rotatable bonds is 27. The normalized spacial score (nSPS) is 13.8. The van der Waals surface area contributed by atoms with Crippen LogP contribution in [-0.4, -0.2) is 107 Å². The van der Waals surface area contributed by atoms with E-state index in [1.807, 2.05) is 19.1 Å². The summed E-state index contributed by atoms with van der Waals surface area (Å²) < 4.78 is 13.3. The first-order valence-electron chi connectivity index (χ1n) is 31.0. The maximum atomic E-state index is 13.3. The summed E-state index contributed by atoms with van der Waals surface area (Å²) in [5.74, 6) is 2.51. The molecule has 24 nitrogen and oxygen atoms in total. The summed E-state index contributed by atoms with van der Waals surface area (Å²) in [5.41, 5.74) is 27.2. The Morgan fingerprint density at radius 2 is 0.789 bits per heavy atom. The highest BCUT2D eigenvalue weighted by molar-refractivity contribution is 6.31. The Labute approximate surface area is 538 Å². The van der Waals surface area contributed by atoms with Gasteiger partial charge in [-0.05, 0) is 90.5 Å². The molecule has 8 aromatic heterocycles. The van der Waals surface area contributed by atoms with Crippen molar-refractivity contribution in [3.05, 3.63) is 71.0 Å². The minimum Gasteiger partial charge on any atom is -0.368 e. The van der Waals surface area contributed by atoms with E-state index in [-0.39, 0.29) is 57.8 Å². The number of nitrogens with two attached hydrogens (primary N) is 4. The zero-order valence-electron chi connectivity index (χ0n) is 54.3. The van der Waals surface area contributed by atoms with E-state index in [1.165, 1.54) is 26.1 Å². The molecule has 488 valence electrons.